The van der Waals surface area contributed by atoms with Crippen molar-refractivity contribution in [3.05, 3.63) is 0 Å². The Balaban J connectivity index is -0.0000000150. The zero-order valence-electron chi connectivity index (χ0n) is 5.64. The minimum absolute atomic E-state index is 0. The third-order valence-electron chi connectivity index (χ3n) is 0. The smallest absolute Gasteiger partial charge is 0.812 e. The Morgan fingerprint density at radius 3 is 1.00 bits per heavy atom. The monoisotopic (exact) mass is 185 g/mol. The van der Waals surface area contributed by atoms with Crippen molar-refractivity contribution in [1.82, 2.24) is 0 Å². The van der Waals surface area contributed by atoms with Crippen LogP contribution in [0.5, 0.6) is 0 Å². The summed E-state index contributed by atoms with van der Waals surface area (Å²) < 4.78 is 0. The van der Waals surface area contributed by atoms with Crippen LogP contribution in [-0.2, 0) is 0 Å². The number of hydrogen-bond donors (Lipinski definition) is 2. The molecule has 7 nitrogen and oxygen atoms in total. The van der Waals surface area contributed by atoms with E-state index < -0.39 is 0 Å². The fraction of sp³-hybridized carbons (Fsp3) is 0. The van der Waals surface area contributed by atoms with E-state index in [1.807, 2.05) is 0 Å². The van der Waals surface area contributed by atoms with E-state index in [-0.39, 0.29) is 56.9 Å². The van der Waals surface area contributed by atoms with E-state index >= 15 is 0 Å². The third-order valence-corrected chi connectivity index (χ3v) is 0. The molecule has 0 aliphatic rings. The van der Waals surface area contributed by atoms with E-state index in [0.29, 0.717) is 6.26 Å². The van der Waals surface area contributed by atoms with Crippen molar-refractivity contribution >= 4 is 0 Å². The molecule has 11 heavy (non-hydrogen) atoms. The Morgan fingerprint density at radius 2 is 1.00 bits per heavy atom. The second-order valence-corrected chi connectivity index (χ2v) is 0.291. The Kier molecular flexibility index (Phi) is 318. The molecule has 0 aliphatic carbocycles. The first-order valence-electron chi connectivity index (χ1n) is 1.32. The number of aliphatic hydroxyl groups is 2. The zero-order chi connectivity index (χ0) is 8.12. The number of nitrogens with zero attached hydrogens (tertiary/aromatic N) is 3. The van der Waals surface area contributed by atoms with Gasteiger partial charge in [0, 0.05) is 6.26 Å². The molecule has 0 aromatic heterocycles. The second-order valence-electron chi connectivity index (χ2n) is 0.291. The van der Waals surface area contributed by atoms with Gasteiger partial charge in [0.2, 0.25) is 0 Å². The summed E-state index contributed by atoms with van der Waals surface area (Å²) in [5.74, 6) is 0. The Hall–Kier alpha value is -0.534. The van der Waals surface area contributed by atoms with E-state index in [0.717, 1.165) is 12.5 Å². The van der Waals surface area contributed by atoms with Crippen molar-refractivity contribution in [1.29, 1.82) is 15.8 Å². The van der Waals surface area contributed by atoms with Gasteiger partial charge in [-0.25, -0.2) is 5.26 Å². The molecule has 0 saturated heterocycles. The quantitative estimate of drug-likeness (QED) is 0.282. The predicted molar refractivity (Wildman–Crippen MR) is 24.3 cm³/mol. The zero-order valence-corrected chi connectivity index (χ0v) is 8.77. The van der Waals surface area contributed by atoms with E-state index in [4.69, 9.17) is 31.1 Å². The van der Waals surface area contributed by atoms with Gasteiger partial charge in [-0.3, -0.25) is 0 Å². The molecular formula is C3H4KN3O4. The molecule has 0 bridgehead atoms. The van der Waals surface area contributed by atoms with Crippen LogP contribution in [0.3, 0.4) is 0 Å². The van der Waals surface area contributed by atoms with Gasteiger partial charge < -0.3 is 20.8 Å². The minimum atomic E-state index is 0. The van der Waals surface area contributed by atoms with Crippen molar-refractivity contribution in [3.8, 4) is 18.8 Å². The Bertz CT molecular complexity index is 114. The van der Waals surface area contributed by atoms with E-state index in [1.54, 1.807) is 0 Å². The molecule has 0 unspecified atom stereocenters. The van der Waals surface area contributed by atoms with Gasteiger partial charge in [-0.05, 0) is 0 Å². The first-order valence-corrected chi connectivity index (χ1v) is 1.32. The average molecular weight is 185 g/mol. The van der Waals surface area contributed by atoms with Gasteiger partial charge in [-0.2, -0.15) is 10.5 Å². The van der Waals surface area contributed by atoms with Crippen molar-refractivity contribution in [2.75, 3.05) is 0 Å². The summed E-state index contributed by atoms with van der Waals surface area (Å²) in [6.45, 7) is 0. The van der Waals surface area contributed by atoms with E-state index in [2.05, 4.69) is 0 Å². The molecule has 0 aromatic carbocycles. The molecule has 4 N–H and O–H groups in total. The molecule has 0 rings (SSSR count). The van der Waals surface area contributed by atoms with Crippen molar-refractivity contribution in [2.24, 2.45) is 0 Å². The van der Waals surface area contributed by atoms with Gasteiger partial charge in [0.15, 0.2) is 0 Å². The summed E-state index contributed by atoms with van der Waals surface area (Å²) in [5.41, 5.74) is 0. The summed E-state index contributed by atoms with van der Waals surface area (Å²) in [6, 6.07) is 0. The van der Waals surface area contributed by atoms with Crippen LogP contribution >= 0.6 is 0 Å². The van der Waals surface area contributed by atoms with Gasteiger partial charge in [0.05, 0.1) is 0 Å². The Labute approximate surface area is 105 Å². The molecule has 0 amide bonds. The first-order chi connectivity index (χ1) is 4.24. The van der Waals surface area contributed by atoms with Gasteiger partial charge >= 0.3 is 51.4 Å². The molecular weight excluding hydrogens is 181 g/mol. The molecule has 0 aromatic rings. The molecule has 0 atom stereocenters. The van der Waals surface area contributed by atoms with E-state index in [1.165, 1.54) is 0 Å². The van der Waals surface area contributed by atoms with Gasteiger partial charge in [0.25, 0.3) is 12.5 Å². The molecule has 0 radical (unpaired) electrons. The topological polar surface area (TPSA) is 166 Å². The standard InChI is InChI=1S/3CHNO.K.H2O/c3*2-1-3;;/h3*3H;;1H2/q;;;+1;/p-1. The van der Waals surface area contributed by atoms with Gasteiger partial charge in [-0.15, -0.1) is 0 Å². The van der Waals surface area contributed by atoms with Crippen molar-refractivity contribution in [3.63, 3.8) is 0 Å². The van der Waals surface area contributed by atoms with Crippen LogP contribution in [0.1, 0.15) is 0 Å². The third kappa shape index (κ3) is 1850. The SMILES string of the molecule is N#CO.N#CO.N#C[O-].O.[K+]. The second kappa shape index (κ2) is 112. The summed E-state index contributed by atoms with van der Waals surface area (Å²) in [6.07, 6.45) is 2.00. The maximum Gasteiger partial charge on any atom is 1.00 e. The fourth-order valence-electron chi connectivity index (χ4n) is 0. The summed E-state index contributed by atoms with van der Waals surface area (Å²) >= 11 is 0. The largest absolute Gasteiger partial charge is 1.00 e. The maximum absolute atomic E-state index is 8.24. The minimum Gasteiger partial charge on any atom is -0.812 e. The predicted octanol–water partition coefficient (Wildman–Crippen LogP) is -5.31. The summed E-state index contributed by atoms with van der Waals surface area (Å²) in [4.78, 5) is 0. The summed E-state index contributed by atoms with van der Waals surface area (Å²) in [7, 11) is 0. The number of nitriles is 3. The number of rotatable bonds is 0. The molecule has 56 valence electrons. The number of aliphatic hydroxyl groups excluding tert-OH is 2. The fourth-order valence-corrected chi connectivity index (χ4v) is 0. The van der Waals surface area contributed by atoms with Crippen LogP contribution in [-0.4, -0.2) is 15.7 Å². The van der Waals surface area contributed by atoms with E-state index in [9.17, 15) is 0 Å². The van der Waals surface area contributed by atoms with Crippen LogP contribution in [0.15, 0.2) is 0 Å². The van der Waals surface area contributed by atoms with Crippen LogP contribution in [0.2, 0.25) is 0 Å². The van der Waals surface area contributed by atoms with Gasteiger partial charge in [0.1, 0.15) is 0 Å². The van der Waals surface area contributed by atoms with Gasteiger partial charge in [-0.1, -0.05) is 0 Å². The summed E-state index contributed by atoms with van der Waals surface area (Å²) in [5, 5.41) is 42.5. The van der Waals surface area contributed by atoms with Crippen LogP contribution in [0, 0.1) is 34.6 Å². The number of hydrogen-bond acceptors (Lipinski definition) is 6. The molecule has 0 saturated carbocycles. The molecule has 0 spiro atoms. The normalized spacial score (nSPS) is 1.91. The first kappa shape index (κ1) is 31.4. The average Bonchev–Trinajstić information content (AvgIpc) is 1.70. The van der Waals surface area contributed by atoms with Crippen molar-refractivity contribution < 1.29 is 72.2 Å². The molecule has 0 aliphatic heterocycles. The molecule has 0 fully saturated rings. The Morgan fingerprint density at radius 1 is 1.00 bits per heavy atom. The van der Waals surface area contributed by atoms with Crippen LogP contribution in [0.4, 0.5) is 0 Å². The van der Waals surface area contributed by atoms with Crippen LogP contribution < -0.4 is 56.5 Å². The molecule has 8 heteroatoms. The maximum atomic E-state index is 8.24. The van der Waals surface area contributed by atoms with Crippen molar-refractivity contribution in [2.45, 2.75) is 0 Å². The molecule has 0 heterocycles. The van der Waals surface area contributed by atoms with Crippen LogP contribution in [0.25, 0.3) is 0 Å².